The molecule has 0 atom stereocenters. The van der Waals surface area contributed by atoms with Gasteiger partial charge in [0.05, 0.1) is 16.9 Å². The zero-order valence-corrected chi connectivity index (χ0v) is 11.5. The van der Waals surface area contributed by atoms with Crippen LogP contribution in [-0.2, 0) is 0 Å². The molecule has 0 aliphatic heterocycles. The van der Waals surface area contributed by atoms with Gasteiger partial charge in [0, 0.05) is 0 Å². The second kappa shape index (κ2) is 5.36. The average Bonchev–Trinajstić information content (AvgIpc) is 2.35. The van der Waals surface area contributed by atoms with Gasteiger partial charge in [-0.15, -0.1) is 0 Å². The number of aromatic hydroxyl groups is 1. The number of benzene rings is 1. The van der Waals surface area contributed by atoms with Crippen LogP contribution < -0.4 is 5.32 Å². The molecule has 0 radical (unpaired) electrons. The van der Waals surface area contributed by atoms with Crippen LogP contribution in [-0.4, -0.2) is 16.0 Å². The Bertz CT molecular complexity index is 647. The molecule has 6 heteroatoms. The minimum atomic E-state index is -0.593. The number of anilines is 1. The SMILES string of the molecule is Cc1nc(Br)ccc1NC(=O)c1cc(F)ccc1O. The summed E-state index contributed by atoms with van der Waals surface area (Å²) in [6.07, 6.45) is 0. The first kappa shape index (κ1) is 13.5. The monoisotopic (exact) mass is 324 g/mol. The number of aryl methyl sites for hydroxylation is 1. The highest BCUT2D eigenvalue weighted by atomic mass is 79.9. The smallest absolute Gasteiger partial charge is 0.259 e. The van der Waals surface area contributed by atoms with E-state index >= 15 is 0 Å². The minimum Gasteiger partial charge on any atom is -0.507 e. The first-order chi connectivity index (χ1) is 8.97. The molecule has 4 nitrogen and oxygen atoms in total. The summed E-state index contributed by atoms with van der Waals surface area (Å²) in [5.41, 5.74) is 0.984. The normalized spacial score (nSPS) is 10.3. The van der Waals surface area contributed by atoms with Gasteiger partial charge in [-0.3, -0.25) is 4.79 Å². The molecular formula is C13H10BrFN2O2. The summed E-state index contributed by atoms with van der Waals surface area (Å²) in [6.45, 7) is 1.73. The van der Waals surface area contributed by atoms with E-state index in [1.807, 2.05) is 0 Å². The molecule has 0 bridgehead atoms. The predicted molar refractivity (Wildman–Crippen MR) is 72.7 cm³/mol. The van der Waals surface area contributed by atoms with Crippen molar-refractivity contribution >= 4 is 27.5 Å². The molecule has 2 aromatic rings. The van der Waals surface area contributed by atoms with Crippen LogP contribution >= 0.6 is 15.9 Å². The fourth-order valence-electron chi connectivity index (χ4n) is 1.54. The number of carbonyl (C=O) groups excluding carboxylic acids is 1. The summed E-state index contributed by atoms with van der Waals surface area (Å²) in [5, 5.41) is 12.1. The Hall–Kier alpha value is -1.95. The molecule has 0 aliphatic rings. The van der Waals surface area contributed by atoms with Gasteiger partial charge in [0.25, 0.3) is 5.91 Å². The molecular weight excluding hydrogens is 315 g/mol. The summed E-state index contributed by atoms with van der Waals surface area (Å²) < 4.78 is 13.7. The fourth-order valence-corrected chi connectivity index (χ4v) is 1.94. The van der Waals surface area contributed by atoms with Gasteiger partial charge >= 0.3 is 0 Å². The second-order valence-corrected chi connectivity index (χ2v) is 4.70. The number of phenolic OH excluding ortho intramolecular Hbond substituents is 1. The van der Waals surface area contributed by atoms with Crippen LogP contribution in [0.15, 0.2) is 34.9 Å². The molecule has 1 heterocycles. The number of halogens is 2. The van der Waals surface area contributed by atoms with Gasteiger partial charge in [0.1, 0.15) is 16.2 Å². The Labute approximate surface area is 117 Å². The van der Waals surface area contributed by atoms with Crippen LogP contribution in [0.5, 0.6) is 5.75 Å². The van der Waals surface area contributed by atoms with E-state index in [2.05, 4.69) is 26.2 Å². The van der Waals surface area contributed by atoms with Crippen molar-refractivity contribution in [3.05, 3.63) is 52.0 Å². The standard InChI is InChI=1S/C13H10BrFN2O2/c1-7-10(3-5-12(14)16-7)17-13(19)9-6-8(15)2-4-11(9)18/h2-6,18H,1H3,(H,17,19). The van der Waals surface area contributed by atoms with Crippen LogP contribution in [0.25, 0.3) is 0 Å². The molecule has 19 heavy (non-hydrogen) atoms. The van der Waals surface area contributed by atoms with Crippen molar-refractivity contribution in [1.29, 1.82) is 0 Å². The third-order valence-corrected chi connectivity index (χ3v) is 2.94. The zero-order chi connectivity index (χ0) is 14.0. The molecule has 1 aromatic heterocycles. The molecule has 2 N–H and O–H groups in total. The highest BCUT2D eigenvalue weighted by Crippen LogP contribution is 2.21. The maximum Gasteiger partial charge on any atom is 0.259 e. The van der Waals surface area contributed by atoms with E-state index < -0.39 is 11.7 Å². The van der Waals surface area contributed by atoms with Crippen molar-refractivity contribution in [2.24, 2.45) is 0 Å². The highest BCUT2D eigenvalue weighted by molar-refractivity contribution is 9.10. The van der Waals surface area contributed by atoms with E-state index in [1.54, 1.807) is 19.1 Å². The Morgan fingerprint density at radius 3 is 2.79 bits per heavy atom. The lowest BCUT2D eigenvalue weighted by Gasteiger charge is -2.09. The number of nitrogens with zero attached hydrogens (tertiary/aromatic N) is 1. The Balaban J connectivity index is 2.28. The van der Waals surface area contributed by atoms with Crippen molar-refractivity contribution in [2.75, 3.05) is 5.32 Å². The van der Waals surface area contributed by atoms with E-state index in [9.17, 15) is 14.3 Å². The Morgan fingerprint density at radius 2 is 2.11 bits per heavy atom. The topological polar surface area (TPSA) is 62.2 Å². The van der Waals surface area contributed by atoms with Gasteiger partial charge in [-0.1, -0.05) is 0 Å². The number of pyridine rings is 1. The summed E-state index contributed by atoms with van der Waals surface area (Å²) in [6, 6.07) is 6.54. The number of nitrogens with one attached hydrogen (secondary N) is 1. The van der Waals surface area contributed by atoms with Gasteiger partial charge in [-0.05, 0) is 53.2 Å². The second-order valence-electron chi connectivity index (χ2n) is 3.88. The van der Waals surface area contributed by atoms with Gasteiger partial charge in [0.15, 0.2) is 0 Å². The van der Waals surface area contributed by atoms with Crippen LogP contribution in [0.4, 0.5) is 10.1 Å². The number of aromatic nitrogens is 1. The van der Waals surface area contributed by atoms with Crippen molar-refractivity contribution in [3.8, 4) is 5.75 Å². The third kappa shape index (κ3) is 3.08. The number of rotatable bonds is 2. The molecule has 1 aromatic carbocycles. The average molecular weight is 325 g/mol. The van der Waals surface area contributed by atoms with Crippen LogP contribution in [0.1, 0.15) is 16.1 Å². The largest absolute Gasteiger partial charge is 0.507 e. The summed E-state index contributed by atoms with van der Waals surface area (Å²) in [5.74, 6) is -1.46. The summed E-state index contributed by atoms with van der Waals surface area (Å²) in [7, 11) is 0. The molecule has 0 fully saturated rings. The van der Waals surface area contributed by atoms with Gasteiger partial charge in [-0.25, -0.2) is 9.37 Å². The minimum absolute atomic E-state index is 0.123. The van der Waals surface area contributed by atoms with Gasteiger partial charge in [-0.2, -0.15) is 0 Å². The Morgan fingerprint density at radius 1 is 1.37 bits per heavy atom. The molecule has 0 saturated carbocycles. The molecule has 0 unspecified atom stereocenters. The van der Waals surface area contributed by atoms with Gasteiger partial charge in [0.2, 0.25) is 0 Å². The number of hydrogen-bond acceptors (Lipinski definition) is 3. The lowest BCUT2D eigenvalue weighted by molar-refractivity contribution is 0.102. The molecule has 2 rings (SSSR count). The van der Waals surface area contributed by atoms with Crippen molar-refractivity contribution in [3.63, 3.8) is 0 Å². The summed E-state index contributed by atoms with van der Waals surface area (Å²) in [4.78, 5) is 16.1. The Kier molecular flexibility index (Phi) is 3.80. The fraction of sp³-hybridized carbons (Fsp3) is 0.0769. The first-order valence-electron chi connectivity index (χ1n) is 5.40. The van der Waals surface area contributed by atoms with E-state index in [0.717, 1.165) is 18.2 Å². The maximum absolute atomic E-state index is 13.1. The number of amides is 1. The maximum atomic E-state index is 13.1. The van der Waals surface area contributed by atoms with Crippen LogP contribution in [0.3, 0.4) is 0 Å². The van der Waals surface area contributed by atoms with E-state index in [-0.39, 0.29) is 11.3 Å². The molecule has 0 spiro atoms. The molecule has 0 aliphatic carbocycles. The highest BCUT2D eigenvalue weighted by Gasteiger charge is 2.13. The number of hydrogen-bond donors (Lipinski definition) is 2. The van der Waals surface area contributed by atoms with Crippen molar-refractivity contribution < 1.29 is 14.3 Å². The van der Waals surface area contributed by atoms with Crippen molar-refractivity contribution in [2.45, 2.75) is 6.92 Å². The summed E-state index contributed by atoms with van der Waals surface area (Å²) >= 11 is 3.22. The van der Waals surface area contributed by atoms with E-state index in [4.69, 9.17) is 0 Å². The van der Waals surface area contributed by atoms with E-state index in [1.165, 1.54) is 0 Å². The molecule has 0 saturated heterocycles. The van der Waals surface area contributed by atoms with E-state index in [0.29, 0.717) is 16.0 Å². The van der Waals surface area contributed by atoms with Crippen LogP contribution in [0, 0.1) is 12.7 Å². The zero-order valence-electron chi connectivity index (χ0n) is 9.95. The molecule has 98 valence electrons. The number of carbonyl (C=O) groups is 1. The van der Waals surface area contributed by atoms with Crippen LogP contribution in [0.2, 0.25) is 0 Å². The van der Waals surface area contributed by atoms with Crippen molar-refractivity contribution in [1.82, 2.24) is 4.98 Å². The quantitative estimate of drug-likeness (QED) is 0.833. The third-order valence-electron chi connectivity index (χ3n) is 2.50. The lowest BCUT2D eigenvalue weighted by Crippen LogP contribution is -2.13. The lowest BCUT2D eigenvalue weighted by atomic mass is 10.1. The van der Waals surface area contributed by atoms with Gasteiger partial charge < -0.3 is 10.4 Å². The number of phenols is 1. The first-order valence-corrected chi connectivity index (χ1v) is 6.19. The molecule has 1 amide bonds. The predicted octanol–water partition coefficient (Wildman–Crippen LogP) is 3.25.